The van der Waals surface area contributed by atoms with Crippen molar-refractivity contribution in [3.63, 3.8) is 0 Å². The highest BCUT2D eigenvalue weighted by Crippen LogP contribution is 2.22. The van der Waals surface area contributed by atoms with Crippen LogP contribution in [-0.2, 0) is 21.4 Å². The standard InChI is InChI=1S/C20H21N3O5S/c24-19(11-14-23-17-5-1-2-6-18(17)28-20(23)25)21-15-7-9-16(10-8-15)29(26,27)22-12-3-4-13-22/h1-2,5-10H,3-4,11-14H2,(H,21,24). The first-order valence-corrected chi connectivity index (χ1v) is 10.9. The third-order valence-corrected chi connectivity index (χ3v) is 6.89. The van der Waals surface area contributed by atoms with Gasteiger partial charge in [-0.1, -0.05) is 12.1 Å². The summed E-state index contributed by atoms with van der Waals surface area (Å²) in [6, 6.07) is 13.2. The Balaban J connectivity index is 1.40. The van der Waals surface area contributed by atoms with Crippen molar-refractivity contribution in [1.82, 2.24) is 8.87 Å². The number of hydrogen-bond donors (Lipinski definition) is 1. The Morgan fingerprint density at radius 2 is 1.72 bits per heavy atom. The number of oxazole rings is 1. The van der Waals surface area contributed by atoms with Crippen molar-refractivity contribution in [3.05, 3.63) is 59.1 Å². The minimum atomic E-state index is -3.48. The molecule has 152 valence electrons. The van der Waals surface area contributed by atoms with Crippen molar-refractivity contribution in [2.75, 3.05) is 18.4 Å². The van der Waals surface area contributed by atoms with Crippen LogP contribution >= 0.6 is 0 Å². The minimum absolute atomic E-state index is 0.0806. The van der Waals surface area contributed by atoms with E-state index >= 15 is 0 Å². The number of amides is 1. The summed E-state index contributed by atoms with van der Waals surface area (Å²) in [5.41, 5.74) is 1.62. The Labute approximate surface area is 167 Å². The van der Waals surface area contributed by atoms with Gasteiger partial charge in [0.1, 0.15) is 0 Å². The molecular formula is C20H21N3O5S. The van der Waals surface area contributed by atoms with E-state index in [-0.39, 0.29) is 23.8 Å². The van der Waals surface area contributed by atoms with Gasteiger partial charge in [-0.25, -0.2) is 13.2 Å². The first kappa shape index (κ1) is 19.4. The van der Waals surface area contributed by atoms with Gasteiger partial charge in [-0.15, -0.1) is 0 Å². The number of sulfonamides is 1. The number of carbonyl (C=O) groups is 1. The van der Waals surface area contributed by atoms with Crippen LogP contribution in [0.1, 0.15) is 19.3 Å². The second kappa shape index (κ2) is 7.84. The lowest BCUT2D eigenvalue weighted by molar-refractivity contribution is -0.116. The summed E-state index contributed by atoms with van der Waals surface area (Å²) in [5.74, 6) is -0.784. The van der Waals surface area contributed by atoms with Crippen LogP contribution in [0, 0.1) is 0 Å². The Bertz CT molecular complexity index is 1190. The molecule has 0 radical (unpaired) electrons. The Kier molecular flexibility index (Phi) is 5.25. The number of aryl methyl sites for hydroxylation is 1. The molecule has 0 bridgehead atoms. The summed E-state index contributed by atoms with van der Waals surface area (Å²) in [5, 5.41) is 2.73. The molecule has 1 aliphatic heterocycles. The highest BCUT2D eigenvalue weighted by Gasteiger charge is 2.26. The van der Waals surface area contributed by atoms with Gasteiger partial charge in [0.05, 0.1) is 10.4 Å². The van der Waals surface area contributed by atoms with Crippen molar-refractivity contribution in [2.24, 2.45) is 0 Å². The first-order chi connectivity index (χ1) is 13.9. The van der Waals surface area contributed by atoms with Crippen molar-refractivity contribution in [1.29, 1.82) is 0 Å². The molecule has 0 unspecified atom stereocenters. The lowest BCUT2D eigenvalue weighted by Gasteiger charge is -2.15. The van der Waals surface area contributed by atoms with Gasteiger partial charge >= 0.3 is 5.76 Å². The molecule has 1 aromatic heterocycles. The fourth-order valence-corrected chi connectivity index (χ4v) is 4.97. The highest BCUT2D eigenvalue weighted by molar-refractivity contribution is 7.89. The molecule has 1 N–H and O–H groups in total. The molecule has 29 heavy (non-hydrogen) atoms. The SMILES string of the molecule is O=C(CCn1c(=O)oc2ccccc21)Nc1ccc(S(=O)(=O)N2CCCC2)cc1. The van der Waals surface area contributed by atoms with E-state index < -0.39 is 15.8 Å². The number of nitrogens with one attached hydrogen (secondary N) is 1. The molecule has 9 heteroatoms. The van der Waals surface area contributed by atoms with E-state index in [0.717, 1.165) is 12.8 Å². The molecule has 8 nitrogen and oxygen atoms in total. The zero-order valence-corrected chi connectivity index (χ0v) is 16.5. The zero-order valence-electron chi connectivity index (χ0n) is 15.7. The summed E-state index contributed by atoms with van der Waals surface area (Å²) < 4.78 is 33.1. The number of hydrogen-bond acceptors (Lipinski definition) is 5. The van der Waals surface area contributed by atoms with Gasteiger partial charge in [-0.2, -0.15) is 4.31 Å². The molecule has 2 aromatic carbocycles. The number of anilines is 1. The molecule has 0 saturated carbocycles. The van der Waals surface area contributed by atoms with Crippen molar-refractivity contribution < 1.29 is 17.6 Å². The molecular weight excluding hydrogens is 394 g/mol. The second-order valence-corrected chi connectivity index (χ2v) is 8.86. The van der Waals surface area contributed by atoms with Crippen LogP contribution in [0.5, 0.6) is 0 Å². The highest BCUT2D eigenvalue weighted by atomic mass is 32.2. The van der Waals surface area contributed by atoms with E-state index in [2.05, 4.69) is 5.32 Å². The van der Waals surface area contributed by atoms with Crippen molar-refractivity contribution in [2.45, 2.75) is 30.7 Å². The maximum absolute atomic E-state index is 12.5. The van der Waals surface area contributed by atoms with E-state index in [9.17, 15) is 18.0 Å². The topological polar surface area (TPSA) is 102 Å². The molecule has 0 spiro atoms. The number of nitrogens with zero attached hydrogens (tertiary/aromatic N) is 2. The maximum atomic E-state index is 12.5. The lowest BCUT2D eigenvalue weighted by Crippen LogP contribution is -2.27. The fourth-order valence-electron chi connectivity index (χ4n) is 3.45. The molecule has 4 rings (SSSR count). The Morgan fingerprint density at radius 1 is 1.03 bits per heavy atom. The molecule has 1 amide bonds. The predicted octanol–water partition coefficient (Wildman–Crippen LogP) is 2.41. The smallest absolute Gasteiger partial charge is 0.408 e. The number of fused-ring (bicyclic) bond motifs is 1. The molecule has 1 saturated heterocycles. The quantitative estimate of drug-likeness (QED) is 0.666. The van der Waals surface area contributed by atoms with Crippen LogP contribution in [0.4, 0.5) is 5.69 Å². The van der Waals surface area contributed by atoms with E-state index in [0.29, 0.717) is 29.9 Å². The van der Waals surface area contributed by atoms with E-state index in [1.165, 1.54) is 21.0 Å². The number of benzene rings is 2. The van der Waals surface area contributed by atoms with Crippen LogP contribution < -0.4 is 11.1 Å². The number of aromatic nitrogens is 1. The summed E-state index contributed by atoms with van der Waals surface area (Å²) in [6.45, 7) is 1.27. The van der Waals surface area contributed by atoms with Gasteiger partial charge in [0, 0.05) is 31.7 Å². The monoisotopic (exact) mass is 415 g/mol. The van der Waals surface area contributed by atoms with Gasteiger partial charge in [0.2, 0.25) is 15.9 Å². The average Bonchev–Trinajstić information content (AvgIpc) is 3.35. The normalized spacial score (nSPS) is 15.0. The van der Waals surface area contributed by atoms with Crippen LogP contribution in [0.2, 0.25) is 0 Å². The molecule has 1 aliphatic rings. The molecule has 0 aliphatic carbocycles. The van der Waals surface area contributed by atoms with Crippen molar-refractivity contribution in [3.8, 4) is 0 Å². The third kappa shape index (κ3) is 3.96. The summed E-state index contributed by atoms with van der Waals surface area (Å²) in [6.07, 6.45) is 1.84. The fraction of sp³-hybridized carbons (Fsp3) is 0.300. The van der Waals surface area contributed by atoms with Crippen LogP contribution in [0.3, 0.4) is 0 Å². The van der Waals surface area contributed by atoms with Gasteiger partial charge in [0.15, 0.2) is 5.58 Å². The molecule has 3 aromatic rings. The van der Waals surface area contributed by atoms with E-state index in [1.807, 2.05) is 0 Å². The minimum Gasteiger partial charge on any atom is -0.408 e. The summed E-state index contributed by atoms with van der Waals surface area (Å²) >= 11 is 0. The Hall–Kier alpha value is -2.91. The van der Waals surface area contributed by atoms with E-state index in [4.69, 9.17) is 4.42 Å². The van der Waals surface area contributed by atoms with Gasteiger partial charge in [0.25, 0.3) is 0 Å². The second-order valence-electron chi connectivity index (χ2n) is 6.92. The zero-order chi connectivity index (χ0) is 20.4. The third-order valence-electron chi connectivity index (χ3n) is 4.98. The van der Waals surface area contributed by atoms with Gasteiger partial charge in [-0.3, -0.25) is 9.36 Å². The van der Waals surface area contributed by atoms with Crippen molar-refractivity contribution >= 4 is 32.7 Å². The van der Waals surface area contributed by atoms with Gasteiger partial charge < -0.3 is 9.73 Å². The lowest BCUT2D eigenvalue weighted by atomic mass is 10.3. The van der Waals surface area contributed by atoms with Crippen LogP contribution in [-0.4, -0.2) is 36.3 Å². The largest absolute Gasteiger partial charge is 0.419 e. The van der Waals surface area contributed by atoms with E-state index in [1.54, 1.807) is 36.4 Å². The molecule has 0 atom stereocenters. The number of para-hydroxylation sites is 2. The van der Waals surface area contributed by atoms with Gasteiger partial charge in [-0.05, 0) is 49.2 Å². The first-order valence-electron chi connectivity index (χ1n) is 9.43. The average molecular weight is 415 g/mol. The summed E-state index contributed by atoms with van der Waals surface area (Å²) in [7, 11) is -3.48. The Morgan fingerprint density at radius 3 is 2.45 bits per heavy atom. The number of carbonyl (C=O) groups excluding carboxylic acids is 1. The number of rotatable bonds is 6. The maximum Gasteiger partial charge on any atom is 0.419 e. The summed E-state index contributed by atoms with van der Waals surface area (Å²) in [4.78, 5) is 24.4. The van der Waals surface area contributed by atoms with Crippen LogP contribution in [0.15, 0.2) is 62.6 Å². The predicted molar refractivity (Wildman–Crippen MR) is 108 cm³/mol. The van der Waals surface area contributed by atoms with Crippen LogP contribution in [0.25, 0.3) is 11.1 Å². The molecule has 1 fully saturated rings. The molecule has 2 heterocycles.